The molecular weight excluding hydrogens is 198 g/mol. The number of hydrogen-bond donors (Lipinski definition) is 0. The fourth-order valence-corrected chi connectivity index (χ4v) is 0.682. The van der Waals surface area contributed by atoms with Crippen LogP contribution in [0, 0.1) is 6.20 Å². The molecule has 0 saturated heterocycles. The van der Waals surface area contributed by atoms with Gasteiger partial charge in [0.1, 0.15) is 0 Å². The van der Waals surface area contributed by atoms with E-state index in [1.54, 1.807) is 6.07 Å². The zero-order chi connectivity index (χ0) is 8.32. The summed E-state index contributed by atoms with van der Waals surface area (Å²) in [4.78, 5) is 3.92. The Labute approximate surface area is 102 Å². The summed E-state index contributed by atoms with van der Waals surface area (Å²) < 4.78 is 5.46. The van der Waals surface area contributed by atoms with Gasteiger partial charge in [-0.1, -0.05) is 6.20 Å². The molecule has 0 radical (unpaired) electrons. The molecule has 0 atom stereocenters. The normalized spacial score (nSPS) is 9.46. The minimum atomic E-state index is -0.178. The molecular formula is C9H12ClMgNO. The van der Waals surface area contributed by atoms with Crippen LogP contribution in [0.3, 0.4) is 0 Å². The summed E-state index contributed by atoms with van der Waals surface area (Å²) in [5.74, 6) is 0.625. The Morgan fingerprint density at radius 3 is 2.38 bits per heavy atom. The topological polar surface area (TPSA) is 22.1 Å². The van der Waals surface area contributed by atoms with Gasteiger partial charge < -0.3 is 22.1 Å². The van der Waals surface area contributed by atoms with Crippen LogP contribution in [0.15, 0.2) is 18.2 Å². The predicted molar refractivity (Wildman–Crippen MR) is 49.2 cm³/mol. The molecule has 4 heteroatoms. The molecule has 0 saturated carbocycles. The maximum Gasteiger partial charge on any atom is 2.00 e. The maximum absolute atomic E-state index is 5.46. The van der Waals surface area contributed by atoms with Crippen LogP contribution in [0.5, 0.6) is 5.88 Å². The van der Waals surface area contributed by atoms with Crippen LogP contribution in [0.25, 0.3) is 0 Å². The van der Waals surface area contributed by atoms with Gasteiger partial charge >= 0.3 is 23.1 Å². The van der Waals surface area contributed by atoms with E-state index in [-0.39, 0.29) is 41.1 Å². The molecule has 0 amide bonds. The molecule has 68 valence electrons. The fourth-order valence-electron chi connectivity index (χ4n) is 0.682. The molecule has 2 nitrogen and oxygen atoms in total. The SMILES string of the molecule is CC(C)(C)Oc1ccc[c-]n1.[Cl-].[Mg+2]. The second kappa shape index (κ2) is 6.46. The van der Waals surface area contributed by atoms with E-state index in [4.69, 9.17) is 4.74 Å². The number of ether oxygens (including phenoxy) is 1. The van der Waals surface area contributed by atoms with Gasteiger partial charge in [0.05, 0.1) is 11.5 Å². The molecule has 0 N–H and O–H groups in total. The van der Waals surface area contributed by atoms with Gasteiger partial charge in [-0.05, 0) is 20.8 Å². The summed E-state index contributed by atoms with van der Waals surface area (Å²) in [7, 11) is 0. The molecule has 0 aliphatic heterocycles. The Balaban J connectivity index is 0. The van der Waals surface area contributed by atoms with Crippen molar-refractivity contribution in [3.05, 3.63) is 24.4 Å². The van der Waals surface area contributed by atoms with Crippen molar-refractivity contribution in [2.45, 2.75) is 26.4 Å². The van der Waals surface area contributed by atoms with Crippen molar-refractivity contribution in [2.24, 2.45) is 0 Å². The van der Waals surface area contributed by atoms with E-state index in [1.165, 1.54) is 0 Å². The van der Waals surface area contributed by atoms with E-state index in [2.05, 4.69) is 11.2 Å². The summed E-state index contributed by atoms with van der Waals surface area (Å²) in [5, 5.41) is 0. The first-order valence-corrected chi connectivity index (χ1v) is 3.60. The molecule has 1 heterocycles. The molecule has 13 heavy (non-hydrogen) atoms. The summed E-state index contributed by atoms with van der Waals surface area (Å²) >= 11 is 0. The largest absolute Gasteiger partial charge is 2.00 e. The molecule has 0 aromatic carbocycles. The Hall–Kier alpha value is 0.00623. The van der Waals surface area contributed by atoms with Crippen LogP contribution in [0.2, 0.25) is 0 Å². The van der Waals surface area contributed by atoms with Crippen molar-refractivity contribution in [1.29, 1.82) is 0 Å². The number of halogens is 1. The van der Waals surface area contributed by atoms with Gasteiger partial charge in [0, 0.05) is 0 Å². The van der Waals surface area contributed by atoms with Crippen LogP contribution in [0.1, 0.15) is 20.8 Å². The number of aromatic nitrogens is 1. The average Bonchev–Trinajstić information content (AvgIpc) is 1.85. The first-order chi connectivity index (χ1) is 5.08. The number of pyridine rings is 1. The van der Waals surface area contributed by atoms with Crippen molar-refractivity contribution >= 4 is 23.1 Å². The Bertz CT molecular complexity index is 223. The van der Waals surface area contributed by atoms with Crippen LogP contribution in [0.4, 0.5) is 0 Å². The Morgan fingerprint density at radius 2 is 2.00 bits per heavy atom. The first kappa shape index (κ1) is 15.5. The molecule has 1 aromatic heterocycles. The van der Waals surface area contributed by atoms with Crippen molar-refractivity contribution in [1.82, 2.24) is 4.98 Å². The third-order valence-electron chi connectivity index (χ3n) is 0.995. The second-order valence-corrected chi connectivity index (χ2v) is 3.32. The van der Waals surface area contributed by atoms with Gasteiger partial charge in [-0.2, -0.15) is 12.1 Å². The third-order valence-corrected chi connectivity index (χ3v) is 0.995. The van der Waals surface area contributed by atoms with Gasteiger partial charge in [-0.3, -0.25) is 0 Å². The average molecular weight is 210 g/mol. The van der Waals surface area contributed by atoms with Crippen molar-refractivity contribution in [3.63, 3.8) is 0 Å². The minimum absolute atomic E-state index is 0. The molecule has 0 unspecified atom stereocenters. The Morgan fingerprint density at radius 1 is 1.38 bits per heavy atom. The zero-order valence-electron chi connectivity index (χ0n) is 8.17. The third kappa shape index (κ3) is 7.11. The maximum atomic E-state index is 5.46. The molecule has 1 aromatic rings. The summed E-state index contributed by atoms with van der Waals surface area (Å²) in [6.45, 7) is 5.96. The van der Waals surface area contributed by atoms with E-state index in [0.29, 0.717) is 5.88 Å². The zero-order valence-corrected chi connectivity index (χ0v) is 10.3. The Kier molecular flexibility index (Phi) is 7.69. The van der Waals surface area contributed by atoms with Crippen LogP contribution in [-0.2, 0) is 0 Å². The molecule has 0 aliphatic carbocycles. The van der Waals surface area contributed by atoms with Crippen LogP contribution < -0.4 is 17.1 Å². The van der Waals surface area contributed by atoms with E-state index < -0.39 is 0 Å². The number of nitrogens with zero attached hydrogens (tertiary/aromatic N) is 1. The van der Waals surface area contributed by atoms with E-state index in [1.807, 2.05) is 32.9 Å². The molecule has 0 spiro atoms. The molecule has 1 rings (SSSR count). The van der Waals surface area contributed by atoms with Gasteiger partial charge in [-0.25, -0.2) is 0 Å². The molecule has 0 aliphatic rings. The van der Waals surface area contributed by atoms with Gasteiger partial charge in [0.25, 0.3) is 0 Å². The number of rotatable bonds is 1. The van der Waals surface area contributed by atoms with Gasteiger partial charge in [-0.15, -0.1) is 6.07 Å². The van der Waals surface area contributed by atoms with E-state index in [0.717, 1.165) is 0 Å². The molecule has 0 fully saturated rings. The van der Waals surface area contributed by atoms with Gasteiger partial charge in [0.15, 0.2) is 0 Å². The first-order valence-electron chi connectivity index (χ1n) is 3.60. The predicted octanol–water partition coefficient (Wildman–Crippen LogP) is -1.32. The van der Waals surface area contributed by atoms with Gasteiger partial charge in [0.2, 0.25) is 0 Å². The fraction of sp³-hybridized carbons (Fsp3) is 0.444. The van der Waals surface area contributed by atoms with Crippen LogP contribution >= 0.6 is 0 Å². The standard InChI is InChI=1S/C9H12NO.ClH.Mg/c1-9(2,3)11-8-6-4-5-7-10-8;;/h4-6H,1-3H3;1H;/q-1;;+2/p-1. The summed E-state index contributed by atoms with van der Waals surface area (Å²) in [6.07, 6.45) is 2.71. The molecule has 0 bridgehead atoms. The summed E-state index contributed by atoms with van der Waals surface area (Å²) in [6, 6.07) is 5.42. The van der Waals surface area contributed by atoms with E-state index >= 15 is 0 Å². The van der Waals surface area contributed by atoms with Crippen molar-refractivity contribution in [3.8, 4) is 5.88 Å². The van der Waals surface area contributed by atoms with Crippen LogP contribution in [-0.4, -0.2) is 33.6 Å². The van der Waals surface area contributed by atoms with E-state index in [9.17, 15) is 0 Å². The quantitative estimate of drug-likeness (QED) is 0.423. The van der Waals surface area contributed by atoms with Crippen molar-refractivity contribution in [2.75, 3.05) is 0 Å². The smallest absolute Gasteiger partial charge is 1.00 e. The monoisotopic (exact) mass is 209 g/mol. The minimum Gasteiger partial charge on any atom is -1.00 e. The summed E-state index contributed by atoms with van der Waals surface area (Å²) in [5.41, 5.74) is -0.178. The second-order valence-electron chi connectivity index (χ2n) is 3.32. The van der Waals surface area contributed by atoms with Crippen molar-refractivity contribution < 1.29 is 17.1 Å². The number of hydrogen-bond acceptors (Lipinski definition) is 2.